The SMILES string of the molecule is CC(C)(C)OC(=O)NC(=O)CCCCl. The molecule has 0 spiro atoms. The van der Waals surface area contributed by atoms with Gasteiger partial charge in [-0.15, -0.1) is 11.6 Å². The lowest BCUT2D eigenvalue weighted by molar-refractivity contribution is -0.120. The summed E-state index contributed by atoms with van der Waals surface area (Å²) < 4.78 is 4.88. The molecule has 2 amide bonds. The van der Waals surface area contributed by atoms with Gasteiger partial charge in [-0.25, -0.2) is 4.79 Å². The number of alkyl halides is 1. The summed E-state index contributed by atoms with van der Waals surface area (Å²) in [6.07, 6.45) is 0.0796. The summed E-state index contributed by atoms with van der Waals surface area (Å²) in [6, 6.07) is 0. The van der Waals surface area contributed by atoms with E-state index in [0.29, 0.717) is 12.3 Å². The number of amides is 2. The number of carbonyl (C=O) groups is 2. The van der Waals surface area contributed by atoms with E-state index in [9.17, 15) is 9.59 Å². The molecule has 0 fully saturated rings. The summed E-state index contributed by atoms with van der Waals surface area (Å²) in [7, 11) is 0. The molecule has 0 atom stereocenters. The summed E-state index contributed by atoms with van der Waals surface area (Å²) in [6.45, 7) is 5.20. The molecule has 82 valence electrons. The highest BCUT2D eigenvalue weighted by atomic mass is 35.5. The van der Waals surface area contributed by atoms with Gasteiger partial charge < -0.3 is 4.74 Å². The highest BCUT2D eigenvalue weighted by Crippen LogP contribution is 2.06. The van der Waals surface area contributed by atoms with Gasteiger partial charge in [0, 0.05) is 12.3 Å². The van der Waals surface area contributed by atoms with Gasteiger partial charge in [-0.1, -0.05) is 0 Å². The lowest BCUT2D eigenvalue weighted by Gasteiger charge is -2.19. The molecule has 0 radical (unpaired) electrons. The molecular weight excluding hydrogens is 206 g/mol. The third-order valence-electron chi connectivity index (χ3n) is 1.18. The predicted octanol–water partition coefficient (Wildman–Crippen LogP) is 2.06. The predicted molar refractivity (Wildman–Crippen MR) is 54.3 cm³/mol. The number of halogens is 1. The Hall–Kier alpha value is -0.770. The summed E-state index contributed by atoms with van der Waals surface area (Å²) in [5.74, 6) is 0.0433. The first-order chi connectivity index (χ1) is 6.35. The second kappa shape index (κ2) is 5.86. The van der Waals surface area contributed by atoms with Gasteiger partial charge in [0.05, 0.1) is 0 Å². The van der Waals surface area contributed by atoms with Crippen LogP contribution in [0.15, 0.2) is 0 Å². The van der Waals surface area contributed by atoms with Gasteiger partial charge in [0.2, 0.25) is 5.91 Å². The minimum atomic E-state index is -0.711. The number of imide groups is 1. The number of rotatable bonds is 3. The summed E-state index contributed by atoms with van der Waals surface area (Å²) in [4.78, 5) is 22.1. The van der Waals surface area contributed by atoms with Gasteiger partial charge in [-0.05, 0) is 27.2 Å². The zero-order chi connectivity index (χ0) is 11.2. The smallest absolute Gasteiger partial charge is 0.414 e. The molecule has 0 bridgehead atoms. The minimum Gasteiger partial charge on any atom is -0.444 e. The molecule has 0 aliphatic rings. The first-order valence-electron chi connectivity index (χ1n) is 4.44. The van der Waals surface area contributed by atoms with Crippen LogP contribution in [0.25, 0.3) is 0 Å². The van der Waals surface area contributed by atoms with Crippen LogP contribution >= 0.6 is 11.6 Å². The van der Waals surface area contributed by atoms with Crippen LogP contribution in [0.5, 0.6) is 0 Å². The molecule has 0 saturated heterocycles. The molecule has 0 aliphatic heterocycles. The van der Waals surface area contributed by atoms with Crippen LogP contribution < -0.4 is 5.32 Å². The van der Waals surface area contributed by atoms with Crippen LogP contribution in [0.1, 0.15) is 33.6 Å². The van der Waals surface area contributed by atoms with Crippen molar-refractivity contribution in [1.82, 2.24) is 5.32 Å². The molecule has 14 heavy (non-hydrogen) atoms. The highest BCUT2D eigenvalue weighted by Gasteiger charge is 2.17. The van der Waals surface area contributed by atoms with Crippen molar-refractivity contribution in [2.75, 3.05) is 5.88 Å². The van der Waals surface area contributed by atoms with E-state index in [0.717, 1.165) is 0 Å². The van der Waals surface area contributed by atoms with E-state index in [1.54, 1.807) is 20.8 Å². The topological polar surface area (TPSA) is 55.4 Å². The van der Waals surface area contributed by atoms with Crippen LogP contribution in [-0.4, -0.2) is 23.5 Å². The maximum Gasteiger partial charge on any atom is 0.414 e. The Morgan fingerprint density at radius 1 is 1.36 bits per heavy atom. The van der Waals surface area contributed by atoms with Crippen LogP contribution in [0, 0.1) is 0 Å². The van der Waals surface area contributed by atoms with E-state index in [-0.39, 0.29) is 12.3 Å². The summed E-state index contributed by atoms with van der Waals surface area (Å²) in [5, 5.41) is 2.11. The molecule has 0 aliphatic carbocycles. The Morgan fingerprint density at radius 3 is 2.36 bits per heavy atom. The summed E-state index contributed by atoms with van der Waals surface area (Å²) in [5.41, 5.74) is -0.586. The number of carbonyl (C=O) groups excluding carboxylic acids is 2. The van der Waals surface area contributed by atoms with Crippen LogP contribution in [0.2, 0.25) is 0 Å². The maximum absolute atomic E-state index is 11.0. The molecule has 4 nitrogen and oxygen atoms in total. The van der Waals surface area contributed by atoms with Crippen molar-refractivity contribution in [3.05, 3.63) is 0 Å². The Balaban J connectivity index is 3.78. The van der Waals surface area contributed by atoms with Gasteiger partial charge in [0.15, 0.2) is 0 Å². The second-order valence-corrected chi connectivity index (χ2v) is 4.22. The molecule has 0 heterocycles. The van der Waals surface area contributed by atoms with E-state index >= 15 is 0 Å². The van der Waals surface area contributed by atoms with Crippen molar-refractivity contribution >= 4 is 23.6 Å². The molecule has 0 aromatic carbocycles. The normalized spacial score (nSPS) is 10.9. The van der Waals surface area contributed by atoms with Gasteiger partial charge in [0.1, 0.15) is 5.60 Å². The molecule has 1 N–H and O–H groups in total. The third kappa shape index (κ3) is 7.86. The highest BCUT2D eigenvalue weighted by molar-refractivity contribution is 6.17. The fourth-order valence-electron chi connectivity index (χ4n) is 0.707. The standard InChI is InChI=1S/C9H16ClNO3/c1-9(2,3)14-8(13)11-7(12)5-4-6-10/h4-6H2,1-3H3,(H,11,12,13). The number of ether oxygens (including phenoxy) is 1. The van der Waals surface area contributed by atoms with Crippen molar-refractivity contribution in [1.29, 1.82) is 0 Å². The van der Waals surface area contributed by atoms with E-state index in [2.05, 4.69) is 5.32 Å². The lowest BCUT2D eigenvalue weighted by Crippen LogP contribution is -2.36. The van der Waals surface area contributed by atoms with Crippen LogP contribution in [0.3, 0.4) is 0 Å². The van der Waals surface area contributed by atoms with Crippen LogP contribution in [-0.2, 0) is 9.53 Å². The molecule has 0 aromatic heterocycles. The fourth-order valence-corrected chi connectivity index (χ4v) is 0.841. The first-order valence-corrected chi connectivity index (χ1v) is 4.97. The average Bonchev–Trinajstić information content (AvgIpc) is 1.96. The van der Waals surface area contributed by atoms with Crippen molar-refractivity contribution in [2.24, 2.45) is 0 Å². The van der Waals surface area contributed by atoms with Gasteiger partial charge in [-0.3, -0.25) is 10.1 Å². The minimum absolute atomic E-state index is 0.239. The number of nitrogens with one attached hydrogen (secondary N) is 1. The Bertz CT molecular complexity index is 211. The molecule has 0 unspecified atom stereocenters. The number of hydrogen-bond acceptors (Lipinski definition) is 3. The van der Waals surface area contributed by atoms with E-state index in [1.165, 1.54) is 0 Å². The molecule has 0 saturated carbocycles. The van der Waals surface area contributed by atoms with Crippen molar-refractivity contribution in [3.63, 3.8) is 0 Å². The number of alkyl carbamates (subject to hydrolysis) is 1. The van der Waals surface area contributed by atoms with Crippen molar-refractivity contribution in [3.8, 4) is 0 Å². The Morgan fingerprint density at radius 2 is 1.93 bits per heavy atom. The van der Waals surface area contributed by atoms with Crippen molar-refractivity contribution < 1.29 is 14.3 Å². The van der Waals surface area contributed by atoms with E-state index in [1.807, 2.05) is 0 Å². The van der Waals surface area contributed by atoms with Gasteiger partial charge in [-0.2, -0.15) is 0 Å². The molecular formula is C9H16ClNO3. The zero-order valence-electron chi connectivity index (χ0n) is 8.72. The summed E-state index contributed by atoms with van der Waals surface area (Å²) >= 11 is 5.39. The molecule has 0 aromatic rings. The maximum atomic E-state index is 11.0. The Labute approximate surface area is 88.9 Å². The van der Waals surface area contributed by atoms with Gasteiger partial charge >= 0.3 is 6.09 Å². The molecule has 5 heteroatoms. The first kappa shape index (κ1) is 13.2. The third-order valence-corrected chi connectivity index (χ3v) is 1.45. The Kier molecular flexibility index (Phi) is 5.53. The van der Waals surface area contributed by atoms with Gasteiger partial charge in [0.25, 0.3) is 0 Å². The average molecular weight is 222 g/mol. The monoisotopic (exact) mass is 221 g/mol. The largest absolute Gasteiger partial charge is 0.444 e. The van der Waals surface area contributed by atoms with E-state index < -0.39 is 11.7 Å². The quantitative estimate of drug-likeness (QED) is 0.743. The second-order valence-electron chi connectivity index (χ2n) is 3.84. The molecule has 0 rings (SSSR count). The van der Waals surface area contributed by atoms with Crippen LogP contribution in [0.4, 0.5) is 4.79 Å². The van der Waals surface area contributed by atoms with Crippen molar-refractivity contribution in [2.45, 2.75) is 39.2 Å². The number of hydrogen-bond donors (Lipinski definition) is 1. The lowest BCUT2D eigenvalue weighted by atomic mass is 10.2. The zero-order valence-corrected chi connectivity index (χ0v) is 9.48. The fraction of sp³-hybridized carbons (Fsp3) is 0.778. The van der Waals surface area contributed by atoms with E-state index in [4.69, 9.17) is 16.3 Å².